The Labute approximate surface area is 151 Å². The zero-order valence-corrected chi connectivity index (χ0v) is 14.8. The van der Waals surface area contributed by atoms with Crippen LogP contribution in [0.25, 0.3) is 0 Å². The lowest BCUT2D eigenvalue weighted by atomic mass is 10.0. The quantitative estimate of drug-likeness (QED) is 0.858. The molecule has 0 aliphatic carbocycles. The molecule has 1 aliphatic rings. The van der Waals surface area contributed by atoms with E-state index in [1.54, 1.807) is 18.3 Å². The molecule has 0 unspecified atom stereocenters. The molecule has 1 atom stereocenters. The second-order valence-electron chi connectivity index (χ2n) is 5.57. The third kappa shape index (κ3) is 3.42. The van der Waals surface area contributed by atoms with Crippen LogP contribution in [0.4, 0.5) is 5.69 Å². The molecule has 0 bridgehead atoms. The molecule has 1 amide bonds. The summed E-state index contributed by atoms with van der Waals surface area (Å²) in [5, 5.41) is 6.72. The van der Waals surface area contributed by atoms with Crippen LogP contribution < -0.4 is 19.5 Å². The molecule has 0 radical (unpaired) electrons. The minimum atomic E-state index is -0.296. The molecule has 7 nitrogen and oxygen atoms in total. The minimum absolute atomic E-state index is 0.202. The summed E-state index contributed by atoms with van der Waals surface area (Å²) in [5.74, 6) is 0.967. The maximum Gasteiger partial charge on any atom is 0.255 e. The Morgan fingerprint density at radius 1 is 1.12 bits per heavy atom. The number of methoxy groups -OCH3 is 3. The van der Waals surface area contributed by atoms with Gasteiger partial charge in [-0.15, -0.1) is 0 Å². The van der Waals surface area contributed by atoms with E-state index in [0.717, 1.165) is 5.56 Å². The largest absolute Gasteiger partial charge is 0.493 e. The molecule has 1 heterocycles. The fourth-order valence-corrected chi connectivity index (χ4v) is 2.78. The van der Waals surface area contributed by atoms with Crippen molar-refractivity contribution >= 4 is 17.8 Å². The lowest BCUT2D eigenvalue weighted by Gasteiger charge is -2.16. The van der Waals surface area contributed by atoms with Crippen molar-refractivity contribution in [2.24, 2.45) is 5.16 Å². The SMILES string of the molecule is COc1cc(C(=O)Nc2ccccc2[C@H]2CC=NO2)cc(OC)c1OC. The summed E-state index contributed by atoms with van der Waals surface area (Å²) in [6.45, 7) is 0. The summed E-state index contributed by atoms with van der Waals surface area (Å²) in [7, 11) is 4.53. The van der Waals surface area contributed by atoms with Gasteiger partial charge in [0.1, 0.15) is 0 Å². The van der Waals surface area contributed by atoms with Gasteiger partial charge in [-0.05, 0) is 18.2 Å². The third-order valence-corrected chi connectivity index (χ3v) is 4.06. The standard InChI is InChI=1S/C19H20N2O5/c1-23-16-10-12(11-17(24-2)18(16)25-3)19(22)21-14-7-5-4-6-13(14)15-8-9-20-26-15/h4-7,9-11,15H,8H2,1-3H3,(H,21,22)/t15-/m1/s1. The summed E-state index contributed by atoms with van der Waals surface area (Å²) in [5.41, 5.74) is 1.92. The van der Waals surface area contributed by atoms with Gasteiger partial charge in [0.25, 0.3) is 5.91 Å². The topological polar surface area (TPSA) is 78.4 Å². The van der Waals surface area contributed by atoms with Crippen molar-refractivity contribution in [2.75, 3.05) is 26.6 Å². The van der Waals surface area contributed by atoms with E-state index in [-0.39, 0.29) is 12.0 Å². The van der Waals surface area contributed by atoms with Crippen LogP contribution >= 0.6 is 0 Å². The summed E-state index contributed by atoms with van der Waals surface area (Å²) >= 11 is 0. The molecule has 0 saturated heterocycles. The van der Waals surface area contributed by atoms with Crippen LogP contribution in [0.5, 0.6) is 17.2 Å². The number of ether oxygens (including phenoxy) is 3. The minimum Gasteiger partial charge on any atom is -0.493 e. The van der Waals surface area contributed by atoms with Crippen LogP contribution in [-0.4, -0.2) is 33.5 Å². The smallest absolute Gasteiger partial charge is 0.255 e. The van der Waals surface area contributed by atoms with Crippen molar-refractivity contribution in [3.8, 4) is 17.2 Å². The molecule has 1 N–H and O–H groups in total. The number of anilines is 1. The molecule has 136 valence electrons. The molecule has 3 rings (SSSR count). The molecule has 0 aromatic heterocycles. The number of benzene rings is 2. The normalized spacial score (nSPS) is 15.3. The molecule has 0 spiro atoms. The number of para-hydroxylation sites is 1. The molecule has 0 saturated carbocycles. The summed E-state index contributed by atoms with van der Waals surface area (Å²) in [4.78, 5) is 18.1. The average Bonchev–Trinajstić information content (AvgIpc) is 3.21. The highest BCUT2D eigenvalue weighted by molar-refractivity contribution is 6.05. The highest BCUT2D eigenvalue weighted by Crippen LogP contribution is 2.38. The van der Waals surface area contributed by atoms with Gasteiger partial charge in [-0.25, -0.2) is 0 Å². The van der Waals surface area contributed by atoms with E-state index in [0.29, 0.717) is 34.9 Å². The fourth-order valence-electron chi connectivity index (χ4n) is 2.78. The maximum absolute atomic E-state index is 12.8. The van der Waals surface area contributed by atoms with E-state index >= 15 is 0 Å². The van der Waals surface area contributed by atoms with Gasteiger partial charge >= 0.3 is 0 Å². The number of oxime groups is 1. The van der Waals surface area contributed by atoms with Crippen molar-refractivity contribution in [1.82, 2.24) is 0 Å². The monoisotopic (exact) mass is 356 g/mol. The second kappa shape index (κ2) is 7.77. The van der Waals surface area contributed by atoms with Crippen molar-refractivity contribution < 1.29 is 23.8 Å². The number of carbonyl (C=O) groups is 1. The number of nitrogens with one attached hydrogen (secondary N) is 1. The molecule has 2 aromatic carbocycles. The molecule has 7 heteroatoms. The average molecular weight is 356 g/mol. The first-order valence-electron chi connectivity index (χ1n) is 8.05. The predicted molar refractivity (Wildman–Crippen MR) is 97.4 cm³/mol. The first-order chi connectivity index (χ1) is 12.7. The van der Waals surface area contributed by atoms with E-state index in [1.807, 2.05) is 24.3 Å². The number of hydrogen-bond donors (Lipinski definition) is 1. The van der Waals surface area contributed by atoms with Gasteiger partial charge in [0.15, 0.2) is 17.6 Å². The number of nitrogens with zero attached hydrogens (tertiary/aromatic N) is 1. The Morgan fingerprint density at radius 3 is 2.38 bits per heavy atom. The van der Waals surface area contributed by atoms with Gasteiger partial charge < -0.3 is 24.4 Å². The highest BCUT2D eigenvalue weighted by Gasteiger charge is 2.22. The zero-order valence-electron chi connectivity index (χ0n) is 14.8. The number of rotatable bonds is 6. The molecular weight excluding hydrogens is 336 g/mol. The Bertz CT molecular complexity index is 801. The van der Waals surface area contributed by atoms with Gasteiger partial charge in [0, 0.05) is 29.4 Å². The highest BCUT2D eigenvalue weighted by atomic mass is 16.6. The first-order valence-corrected chi connectivity index (χ1v) is 8.05. The first kappa shape index (κ1) is 17.6. The van der Waals surface area contributed by atoms with Gasteiger partial charge in [0.05, 0.1) is 21.3 Å². The van der Waals surface area contributed by atoms with Crippen LogP contribution in [-0.2, 0) is 4.84 Å². The van der Waals surface area contributed by atoms with Crippen molar-refractivity contribution in [3.05, 3.63) is 47.5 Å². The van der Waals surface area contributed by atoms with E-state index in [1.165, 1.54) is 21.3 Å². The molecule has 0 fully saturated rings. The Hall–Kier alpha value is -3.22. The predicted octanol–water partition coefficient (Wildman–Crippen LogP) is 3.41. The van der Waals surface area contributed by atoms with Crippen molar-refractivity contribution in [2.45, 2.75) is 12.5 Å². The van der Waals surface area contributed by atoms with Crippen LogP contribution in [0, 0.1) is 0 Å². The third-order valence-electron chi connectivity index (χ3n) is 4.06. The Balaban J connectivity index is 1.89. The van der Waals surface area contributed by atoms with E-state index in [9.17, 15) is 4.79 Å². The summed E-state index contributed by atoms with van der Waals surface area (Å²) in [6.07, 6.45) is 2.17. The fraction of sp³-hybridized carbons (Fsp3) is 0.263. The van der Waals surface area contributed by atoms with Crippen LogP contribution in [0.3, 0.4) is 0 Å². The van der Waals surface area contributed by atoms with Crippen LogP contribution in [0.2, 0.25) is 0 Å². The molecule has 1 aliphatic heterocycles. The lowest BCUT2D eigenvalue weighted by Crippen LogP contribution is -2.15. The van der Waals surface area contributed by atoms with Gasteiger partial charge in [0.2, 0.25) is 5.75 Å². The second-order valence-corrected chi connectivity index (χ2v) is 5.57. The summed E-state index contributed by atoms with van der Waals surface area (Å²) < 4.78 is 15.9. The van der Waals surface area contributed by atoms with Crippen LogP contribution in [0.15, 0.2) is 41.6 Å². The van der Waals surface area contributed by atoms with E-state index in [2.05, 4.69) is 10.5 Å². The number of amides is 1. The van der Waals surface area contributed by atoms with Crippen molar-refractivity contribution in [1.29, 1.82) is 0 Å². The van der Waals surface area contributed by atoms with Gasteiger partial charge in [-0.2, -0.15) is 0 Å². The number of hydrogen-bond acceptors (Lipinski definition) is 6. The molecular formula is C19H20N2O5. The lowest BCUT2D eigenvalue weighted by molar-refractivity contribution is 0.0861. The Kier molecular flexibility index (Phi) is 5.26. The summed E-state index contributed by atoms with van der Waals surface area (Å²) in [6, 6.07) is 10.7. The van der Waals surface area contributed by atoms with Crippen LogP contribution in [0.1, 0.15) is 28.4 Å². The molecule has 2 aromatic rings. The van der Waals surface area contributed by atoms with E-state index < -0.39 is 0 Å². The van der Waals surface area contributed by atoms with Crippen molar-refractivity contribution in [3.63, 3.8) is 0 Å². The van der Waals surface area contributed by atoms with Gasteiger partial charge in [-0.1, -0.05) is 23.4 Å². The Morgan fingerprint density at radius 2 is 1.81 bits per heavy atom. The zero-order chi connectivity index (χ0) is 18.5. The maximum atomic E-state index is 12.8. The molecule has 26 heavy (non-hydrogen) atoms. The van der Waals surface area contributed by atoms with E-state index in [4.69, 9.17) is 19.0 Å². The number of carbonyl (C=O) groups excluding carboxylic acids is 1. The van der Waals surface area contributed by atoms with Gasteiger partial charge in [-0.3, -0.25) is 4.79 Å².